The molecule has 2 saturated heterocycles. The number of hydrogen-bond donors (Lipinski definition) is 1. The van der Waals surface area contributed by atoms with Crippen molar-refractivity contribution in [2.75, 3.05) is 26.2 Å². The van der Waals surface area contributed by atoms with Crippen LogP contribution in [-0.4, -0.2) is 63.4 Å². The molecule has 1 aromatic heterocycles. The summed E-state index contributed by atoms with van der Waals surface area (Å²) in [4.78, 5) is 33.3. The molecule has 2 aliphatic rings. The van der Waals surface area contributed by atoms with Crippen LogP contribution >= 0.6 is 0 Å². The molecule has 0 bridgehead atoms. The van der Waals surface area contributed by atoms with E-state index in [1.54, 1.807) is 22.3 Å². The first-order valence-corrected chi connectivity index (χ1v) is 10.2. The molecule has 27 heavy (non-hydrogen) atoms. The standard InChI is InChI=1S/C20H33N5O2/c1-15(2)25(13-18-12-22-14-23(18)3)20(27)19(26)24-10-6-17(7-11-24)16-4-8-21-9-5-16/h12,14-17,21H,4-11,13H2,1-3H3. The topological polar surface area (TPSA) is 70.5 Å². The van der Waals surface area contributed by atoms with Crippen LogP contribution in [0, 0.1) is 11.8 Å². The number of likely N-dealkylation sites (tertiary alicyclic amines) is 1. The predicted molar refractivity (Wildman–Crippen MR) is 104 cm³/mol. The van der Waals surface area contributed by atoms with Crippen LogP contribution in [0.1, 0.15) is 45.2 Å². The highest BCUT2D eigenvalue weighted by atomic mass is 16.2. The lowest BCUT2D eigenvalue weighted by molar-refractivity contribution is -0.154. The second kappa shape index (κ2) is 8.87. The molecule has 2 amide bonds. The third-order valence-corrected chi connectivity index (χ3v) is 6.19. The maximum atomic E-state index is 12.9. The number of amides is 2. The van der Waals surface area contributed by atoms with Crippen LogP contribution in [0.15, 0.2) is 12.5 Å². The van der Waals surface area contributed by atoms with Crippen molar-refractivity contribution >= 4 is 11.8 Å². The van der Waals surface area contributed by atoms with E-state index >= 15 is 0 Å². The van der Waals surface area contributed by atoms with Gasteiger partial charge >= 0.3 is 11.8 Å². The molecule has 1 N–H and O–H groups in total. The van der Waals surface area contributed by atoms with Crippen LogP contribution in [0.3, 0.4) is 0 Å². The van der Waals surface area contributed by atoms with E-state index in [2.05, 4.69) is 10.3 Å². The molecule has 150 valence electrons. The molecule has 2 aliphatic heterocycles. The van der Waals surface area contributed by atoms with Crippen molar-refractivity contribution in [2.45, 2.75) is 52.1 Å². The quantitative estimate of drug-likeness (QED) is 0.808. The number of carbonyl (C=O) groups is 2. The van der Waals surface area contributed by atoms with E-state index in [-0.39, 0.29) is 11.9 Å². The van der Waals surface area contributed by atoms with Gasteiger partial charge in [0.1, 0.15) is 0 Å². The summed E-state index contributed by atoms with van der Waals surface area (Å²) >= 11 is 0. The summed E-state index contributed by atoms with van der Waals surface area (Å²) in [6.07, 6.45) is 7.98. The van der Waals surface area contributed by atoms with Crippen LogP contribution in [0.25, 0.3) is 0 Å². The maximum Gasteiger partial charge on any atom is 0.312 e. The first-order chi connectivity index (χ1) is 13.0. The first-order valence-electron chi connectivity index (χ1n) is 10.2. The minimum Gasteiger partial charge on any atom is -0.336 e. The molecule has 7 heteroatoms. The summed E-state index contributed by atoms with van der Waals surface area (Å²) in [5.74, 6) is 0.722. The van der Waals surface area contributed by atoms with Crippen molar-refractivity contribution in [2.24, 2.45) is 18.9 Å². The lowest BCUT2D eigenvalue weighted by Gasteiger charge is -2.38. The molecular formula is C20H33N5O2. The molecule has 1 aromatic rings. The number of rotatable bonds is 4. The number of nitrogens with zero attached hydrogens (tertiary/aromatic N) is 4. The minimum absolute atomic E-state index is 0.0383. The number of hydrogen-bond acceptors (Lipinski definition) is 4. The zero-order valence-electron chi connectivity index (χ0n) is 16.9. The van der Waals surface area contributed by atoms with Gasteiger partial charge in [-0.25, -0.2) is 4.98 Å². The van der Waals surface area contributed by atoms with Gasteiger partial charge in [-0.3, -0.25) is 9.59 Å². The molecule has 0 atom stereocenters. The lowest BCUT2D eigenvalue weighted by Crippen LogP contribution is -2.50. The highest BCUT2D eigenvalue weighted by Gasteiger charge is 2.34. The Kier molecular flexibility index (Phi) is 6.52. The maximum absolute atomic E-state index is 12.9. The van der Waals surface area contributed by atoms with Gasteiger partial charge in [0.2, 0.25) is 0 Å². The van der Waals surface area contributed by atoms with Crippen LogP contribution in [0.5, 0.6) is 0 Å². The van der Waals surface area contributed by atoms with Crippen LogP contribution in [-0.2, 0) is 23.2 Å². The largest absolute Gasteiger partial charge is 0.336 e. The van der Waals surface area contributed by atoms with Crippen molar-refractivity contribution in [3.8, 4) is 0 Å². The van der Waals surface area contributed by atoms with Gasteiger partial charge in [-0.05, 0) is 64.5 Å². The van der Waals surface area contributed by atoms with Gasteiger partial charge in [-0.1, -0.05) is 0 Å². The molecule has 0 saturated carbocycles. The Balaban J connectivity index is 1.57. The number of aryl methyl sites for hydroxylation is 1. The lowest BCUT2D eigenvalue weighted by atomic mass is 9.79. The molecule has 0 unspecified atom stereocenters. The minimum atomic E-state index is -0.397. The molecule has 3 rings (SSSR count). The van der Waals surface area contributed by atoms with Crippen LogP contribution < -0.4 is 5.32 Å². The van der Waals surface area contributed by atoms with Crippen molar-refractivity contribution in [1.29, 1.82) is 0 Å². The van der Waals surface area contributed by atoms with Gasteiger partial charge in [-0.15, -0.1) is 0 Å². The smallest absolute Gasteiger partial charge is 0.312 e. The number of imidazole rings is 1. The Morgan fingerprint density at radius 3 is 2.37 bits per heavy atom. The average Bonchev–Trinajstić information content (AvgIpc) is 3.10. The number of carbonyl (C=O) groups excluding carboxylic acids is 2. The van der Waals surface area contributed by atoms with E-state index in [0.717, 1.165) is 37.5 Å². The summed E-state index contributed by atoms with van der Waals surface area (Å²) in [5.41, 5.74) is 0.925. The second-order valence-electron chi connectivity index (χ2n) is 8.24. The van der Waals surface area contributed by atoms with E-state index in [1.165, 1.54) is 12.8 Å². The van der Waals surface area contributed by atoms with Gasteiger partial charge in [0.15, 0.2) is 0 Å². The summed E-state index contributed by atoms with van der Waals surface area (Å²) in [5, 5.41) is 3.42. The van der Waals surface area contributed by atoms with E-state index in [1.807, 2.05) is 25.5 Å². The Labute approximate surface area is 162 Å². The van der Waals surface area contributed by atoms with Crippen molar-refractivity contribution < 1.29 is 9.59 Å². The van der Waals surface area contributed by atoms with Gasteiger partial charge in [-0.2, -0.15) is 0 Å². The normalized spacial score (nSPS) is 19.5. The van der Waals surface area contributed by atoms with E-state index < -0.39 is 5.91 Å². The monoisotopic (exact) mass is 375 g/mol. The van der Waals surface area contributed by atoms with Gasteiger partial charge in [0, 0.05) is 32.4 Å². The van der Waals surface area contributed by atoms with Gasteiger partial charge < -0.3 is 19.7 Å². The first kappa shape index (κ1) is 19.9. The summed E-state index contributed by atoms with van der Waals surface area (Å²) in [6.45, 7) is 7.94. The number of piperidine rings is 2. The molecule has 7 nitrogen and oxygen atoms in total. The Morgan fingerprint density at radius 2 is 1.81 bits per heavy atom. The van der Waals surface area contributed by atoms with E-state index in [0.29, 0.717) is 25.6 Å². The summed E-state index contributed by atoms with van der Waals surface area (Å²) in [7, 11) is 1.90. The Bertz CT molecular complexity index is 643. The highest BCUT2D eigenvalue weighted by molar-refractivity contribution is 6.34. The van der Waals surface area contributed by atoms with Crippen molar-refractivity contribution in [3.63, 3.8) is 0 Å². The highest BCUT2D eigenvalue weighted by Crippen LogP contribution is 2.30. The fraction of sp³-hybridized carbons (Fsp3) is 0.750. The molecule has 0 spiro atoms. The van der Waals surface area contributed by atoms with E-state index in [4.69, 9.17) is 0 Å². The Morgan fingerprint density at radius 1 is 1.19 bits per heavy atom. The Hall–Kier alpha value is -1.89. The molecule has 0 aromatic carbocycles. The molecule has 0 radical (unpaired) electrons. The van der Waals surface area contributed by atoms with Crippen molar-refractivity contribution in [3.05, 3.63) is 18.2 Å². The van der Waals surface area contributed by atoms with Gasteiger partial charge in [0.05, 0.1) is 18.6 Å². The summed E-state index contributed by atoms with van der Waals surface area (Å²) < 4.78 is 1.89. The zero-order valence-corrected chi connectivity index (χ0v) is 16.9. The number of nitrogens with one attached hydrogen (secondary N) is 1. The molecule has 2 fully saturated rings. The third kappa shape index (κ3) is 4.69. The SMILES string of the molecule is CC(C)N(Cc1cncn1C)C(=O)C(=O)N1CCC(C2CCNCC2)CC1. The third-order valence-electron chi connectivity index (χ3n) is 6.19. The average molecular weight is 376 g/mol. The molecular weight excluding hydrogens is 342 g/mol. The fourth-order valence-corrected chi connectivity index (χ4v) is 4.35. The van der Waals surface area contributed by atoms with Crippen LogP contribution in [0.4, 0.5) is 0 Å². The van der Waals surface area contributed by atoms with Crippen molar-refractivity contribution in [1.82, 2.24) is 24.7 Å². The molecule has 3 heterocycles. The molecule has 0 aliphatic carbocycles. The summed E-state index contributed by atoms with van der Waals surface area (Å²) in [6, 6.07) is -0.0383. The van der Waals surface area contributed by atoms with E-state index in [9.17, 15) is 9.59 Å². The zero-order chi connectivity index (χ0) is 19.4. The number of aromatic nitrogens is 2. The fourth-order valence-electron chi connectivity index (χ4n) is 4.35. The van der Waals surface area contributed by atoms with Gasteiger partial charge in [0.25, 0.3) is 0 Å². The predicted octanol–water partition coefficient (Wildman–Crippen LogP) is 1.40. The second-order valence-corrected chi connectivity index (χ2v) is 8.24. The van der Waals surface area contributed by atoms with Crippen LogP contribution in [0.2, 0.25) is 0 Å².